The van der Waals surface area contributed by atoms with Gasteiger partial charge in [-0.1, -0.05) is 0 Å². The summed E-state index contributed by atoms with van der Waals surface area (Å²) in [5, 5.41) is 5.25. The molecule has 1 rings (SSSR count). The summed E-state index contributed by atoms with van der Waals surface area (Å²) < 4.78 is 10.7. The maximum Gasteiger partial charge on any atom is 0.347 e. The first-order valence-corrected chi connectivity index (χ1v) is 6.18. The van der Waals surface area contributed by atoms with Gasteiger partial charge in [0.15, 0.2) is 0 Å². The van der Waals surface area contributed by atoms with Crippen molar-refractivity contribution in [3.8, 4) is 0 Å². The highest BCUT2D eigenvalue weighted by molar-refractivity contribution is 7.52. The average Bonchev–Trinajstić information content (AvgIpc) is 2.53. The van der Waals surface area contributed by atoms with Gasteiger partial charge in [-0.3, -0.25) is 9.36 Å². The van der Waals surface area contributed by atoms with Gasteiger partial charge < -0.3 is 20.4 Å². The number of hydrogen-bond acceptors (Lipinski definition) is 3. The van der Waals surface area contributed by atoms with Crippen LogP contribution < -0.4 is 10.6 Å². The molecule has 0 aromatic carbocycles. The van der Waals surface area contributed by atoms with Crippen LogP contribution in [-0.2, 0) is 9.36 Å². The van der Waals surface area contributed by atoms with E-state index >= 15 is 0 Å². The fraction of sp³-hybridized carbons (Fsp3) is 0.857. The molecule has 0 saturated carbocycles. The predicted octanol–water partition coefficient (Wildman–Crippen LogP) is -0.622. The van der Waals surface area contributed by atoms with Gasteiger partial charge in [-0.05, 0) is 26.3 Å². The minimum atomic E-state index is -4.21. The van der Waals surface area contributed by atoms with E-state index in [1.807, 2.05) is 0 Å². The van der Waals surface area contributed by atoms with Crippen molar-refractivity contribution < 1.29 is 19.1 Å². The zero-order valence-electron chi connectivity index (χ0n) is 7.93. The number of carbonyl (C=O) groups is 1. The van der Waals surface area contributed by atoms with Crippen LogP contribution in [-0.4, -0.2) is 34.1 Å². The lowest BCUT2D eigenvalue weighted by Crippen LogP contribution is -2.44. The van der Waals surface area contributed by atoms with Crippen LogP contribution in [0.4, 0.5) is 0 Å². The van der Waals surface area contributed by atoms with E-state index < -0.39 is 13.4 Å². The molecule has 4 N–H and O–H groups in total. The standard InChI is InChI=1S/C7H15N2O4P/c1-5(14(11,12)13)9-7(10)6-3-2-4-8-6/h5-6,8H,2-4H2,1H3,(H,9,10)(H2,11,12,13)/t5-,6-/m1/s1. The van der Waals surface area contributed by atoms with E-state index in [2.05, 4.69) is 10.6 Å². The van der Waals surface area contributed by atoms with Crippen LogP contribution >= 0.6 is 7.60 Å². The number of hydrogen-bond donors (Lipinski definition) is 4. The molecule has 1 saturated heterocycles. The number of nitrogens with one attached hydrogen (secondary N) is 2. The van der Waals surface area contributed by atoms with E-state index in [1.165, 1.54) is 6.92 Å². The Bertz CT molecular complexity index is 258. The van der Waals surface area contributed by atoms with Crippen LogP contribution in [0.1, 0.15) is 19.8 Å². The summed E-state index contributed by atoms with van der Waals surface area (Å²) in [7, 11) is -4.21. The smallest absolute Gasteiger partial charge is 0.341 e. The second-order valence-corrected chi connectivity index (χ2v) is 5.38. The monoisotopic (exact) mass is 222 g/mol. The Morgan fingerprint density at radius 1 is 1.64 bits per heavy atom. The molecule has 0 aromatic rings. The van der Waals surface area contributed by atoms with Gasteiger partial charge >= 0.3 is 7.60 Å². The maximum absolute atomic E-state index is 11.4. The molecular formula is C7H15N2O4P. The van der Waals surface area contributed by atoms with Crippen LogP contribution in [0, 0.1) is 0 Å². The zero-order chi connectivity index (χ0) is 10.8. The molecule has 7 heteroatoms. The minimum absolute atomic E-state index is 0.302. The fourth-order valence-corrected chi connectivity index (χ4v) is 1.59. The third-order valence-electron chi connectivity index (χ3n) is 2.23. The van der Waals surface area contributed by atoms with Crippen molar-refractivity contribution in [3.05, 3.63) is 0 Å². The summed E-state index contributed by atoms with van der Waals surface area (Å²) in [6, 6.07) is -0.302. The third kappa shape index (κ3) is 3.06. The average molecular weight is 222 g/mol. The van der Waals surface area contributed by atoms with Gasteiger partial charge in [-0.25, -0.2) is 0 Å². The Morgan fingerprint density at radius 2 is 2.29 bits per heavy atom. The topological polar surface area (TPSA) is 98.7 Å². The lowest BCUT2D eigenvalue weighted by Gasteiger charge is -2.17. The molecule has 0 unspecified atom stereocenters. The number of rotatable bonds is 3. The maximum atomic E-state index is 11.4. The highest BCUT2D eigenvalue weighted by atomic mass is 31.2. The Balaban J connectivity index is 2.44. The van der Waals surface area contributed by atoms with E-state index in [0.717, 1.165) is 19.4 Å². The van der Waals surface area contributed by atoms with Gasteiger partial charge in [0.1, 0.15) is 5.78 Å². The predicted molar refractivity (Wildman–Crippen MR) is 50.7 cm³/mol. The van der Waals surface area contributed by atoms with Crippen molar-refractivity contribution in [1.29, 1.82) is 0 Å². The normalized spacial score (nSPS) is 24.6. The van der Waals surface area contributed by atoms with Gasteiger partial charge in [0.25, 0.3) is 0 Å². The molecule has 2 atom stereocenters. The quantitative estimate of drug-likeness (QED) is 0.477. The second kappa shape index (κ2) is 4.40. The van der Waals surface area contributed by atoms with E-state index in [9.17, 15) is 9.36 Å². The number of amides is 1. The molecule has 0 spiro atoms. The lowest BCUT2D eigenvalue weighted by molar-refractivity contribution is -0.123. The van der Waals surface area contributed by atoms with Crippen molar-refractivity contribution >= 4 is 13.5 Å². The van der Waals surface area contributed by atoms with E-state index in [4.69, 9.17) is 9.79 Å². The Kier molecular flexibility index (Phi) is 3.66. The van der Waals surface area contributed by atoms with Gasteiger partial charge in [0.2, 0.25) is 5.91 Å². The molecular weight excluding hydrogens is 207 g/mol. The molecule has 0 radical (unpaired) electrons. The lowest BCUT2D eigenvalue weighted by atomic mass is 10.2. The van der Waals surface area contributed by atoms with E-state index in [0.29, 0.717) is 0 Å². The summed E-state index contributed by atoms with van der Waals surface area (Å²) in [4.78, 5) is 28.9. The van der Waals surface area contributed by atoms with E-state index in [-0.39, 0.29) is 11.9 Å². The summed E-state index contributed by atoms with van der Waals surface area (Å²) in [5.74, 6) is -1.45. The molecule has 0 aromatic heterocycles. The van der Waals surface area contributed by atoms with Crippen LogP contribution in [0.3, 0.4) is 0 Å². The SMILES string of the molecule is C[C@H](NC(=O)[C@H]1CCCN1)P(=O)(O)O. The molecule has 0 aliphatic carbocycles. The highest BCUT2D eigenvalue weighted by Gasteiger charge is 2.29. The molecule has 1 heterocycles. The van der Waals surface area contributed by atoms with Gasteiger partial charge in [0.05, 0.1) is 6.04 Å². The van der Waals surface area contributed by atoms with Crippen LogP contribution in [0.2, 0.25) is 0 Å². The minimum Gasteiger partial charge on any atom is -0.341 e. The molecule has 1 amide bonds. The van der Waals surface area contributed by atoms with Crippen molar-refractivity contribution in [2.24, 2.45) is 0 Å². The van der Waals surface area contributed by atoms with E-state index in [1.54, 1.807) is 0 Å². The fourth-order valence-electron chi connectivity index (χ4n) is 1.30. The van der Waals surface area contributed by atoms with Gasteiger partial charge in [0, 0.05) is 0 Å². The third-order valence-corrected chi connectivity index (χ3v) is 3.37. The molecule has 1 aliphatic heterocycles. The van der Waals surface area contributed by atoms with Gasteiger partial charge in [-0.2, -0.15) is 0 Å². The molecule has 0 bridgehead atoms. The first-order valence-electron chi connectivity index (χ1n) is 4.50. The summed E-state index contributed by atoms with van der Waals surface area (Å²) in [6.45, 7) is 2.08. The van der Waals surface area contributed by atoms with Crippen LogP contribution in [0.5, 0.6) is 0 Å². The molecule has 82 valence electrons. The first-order chi connectivity index (χ1) is 6.41. The number of carbonyl (C=O) groups excluding carboxylic acids is 1. The van der Waals surface area contributed by atoms with Crippen molar-refractivity contribution in [2.45, 2.75) is 31.6 Å². The van der Waals surface area contributed by atoms with Crippen LogP contribution in [0.15, 0.2) is 0 Å². The largest absolute Gasteiger partial charge is 0.347 e. The Hall–Kier alpha value is -0.420. The van der Waals surface area contributed by atoms with Crippen molar-refractivity contribution in [2.75, 3.05) is 6.54 Å². The zero-order valence-corrected chi connectivity index (χ0v) is 8.83. The molecule has 6 nitrogen and oxygen atoms in total. The summed E-state index contributed by atoms with van der Waals surface area (Å²) >= 11 is 0. The summed E-state index contributed by atoms with van der Waals surface area (Å²) in [5.41, 5.74) is 0. The van der Waals surface area contributed by atoms with Crippen molar-refractivity contribution in [3.63, 3.8) is 0 Å². The molecule has 14 heavy (non-hydrogen) atoms. The molecule has 1 fully saturated rings. The summed E-state index contributed by atoms with van der Waals surface area (Å²) in [6.07, 6.45) is 1.64. The Labute approximate surface area is 82.2 Å². The van der Waals surface area contributed by atoms with Crippen LogP contribution in [0.25, 0.3) is 0 Å². The van der Waals surface area contributed by atoms with Gasteiger partial charge in [-0.15, -0.1) is 0 Å². The Morgan fingerprint density at radius 3 is 2.71 bits per heavy atom. The van der Waals surface area contributed by atoms with Crippen molar-refractivity contribution in [1.82, 2.24) is 10.6 Å². The first kappa shape index (κ1) is 11.7. The second-order valence-electron chi connectivity index (χ2n) is 3.42. The highest BCUT2D eigenvalue weighted by Crippen LogP contribution is 2.39. The molecule has 1 aliphatic rings.